The monoisotopic (exact) mass is 289 g/mol. The molecule has 0 saturated carbocycles. The van der Waals surface area contributed by atoms with Gasteiger partial charge in [-0.25, -0.2) is 9.78 Å². The lowest BCUT2D eigenvalue weighted by molar-refractivity contribution is 0.237. The molecule has 2 aromatic rings. The van der Waals surface area contributed by atoms with E-state index < -0.39 is 0 Å². The van der Waals surface area contributed by atoms with Crippen molar-refractivity contribution in [1.29, 1.82) is 0 Å². The van der Waals surface area contributed by atoms with Crippen molar-refractivity contribution in [3.05, 3.63) is 51.5 Å². The molecular formula is C15H19N3OS. The van der Waals surface area contributed by atoms with Gasteiger partial charge in [0.1, 0.15) is 5.01 Å². The van der Waals surface area contributed by atoms with Crippen LogP contribution in [-0.4, -0.2) is 11.0 Å². The summed E-state index contributed by atoms with van der Waals surface area (Å²) < 4.78 is 0. The molecule has 20 heavy (non-hydrogen) atoms. The Morgan fingerprint density at radius 3 is 2.85 bits per heavy atom. The first-order valence-electron chi connectivity index (χ1n) is 6.56. The smallest absolute Gasteiger partial charge is 0.315 e. The maximum Gasteiger partial charge on any atom is 0.315 e. The summed E-state index contributed by atoms with van der Waals surface area (Å²) in [6.45, 7) is 6.45. The summed E-state index contributed by atoms with van der Waals surface area (Å²) in [5.74, 6) is 0. The van der Waals surface area contributed by atoms with Gasteiger partial charge in [-0.15, -0.1) is 11.3 Å². The highest BCUT2D eigenvalue weighted by atomic mass is 32.1. The molecule has 5 heteroatoms. The molecule has 106 valence electrons. The van der Waals surface area contributed by atoms with Gasteiger partial charge in [-0.1, -0.05) is 29.8 Å². The molecular weight excluding hydrogens is 270 g/mol. The van der Waals surface area contributed by atoms with E-state index in [0.717, 1.165) is 16.3 Å². The van der Waals surface area contributed by atoms with E-state index in [1.165, 1.54) is 5.56 Å². The summed E-state index contributed by atoms with van der Waals surface area (Å²) in [6, 6.07) is 7.84. The van der Waals surface area contributed by atoms with Crippen LogP contribution in [0, 0.1) is 13.8 Å². The SMILES string of the molecule is Cc1cccc(CNC(=O)NC(C)c2nc(C)cs2)c1. The summed E-state index contributed by atoms with van der Waals surface area (Å²) in [7, 11) is 0. The summed E-state index contributed by atoms with van der Waals surface area (Å²) >= 11 is 1.56. The number of thiazole rings is 1. The van der Waals surface area contributed by atoms with Crippen molar-refractivity contribution in [2.75, 3.05) is 0 Å². The van der Waals surface area contributed by atoms with Gasteiger partial charge in [-0.05, 0) is 26.3 Å². The Hall–Kier alpha value is -1.88. The van der Waals surface area contributed by atoms with Crippen LogP contribution in [0.4, 0.5) is 4.79 Å². The van der Waals surface area contributed by atoms with E-state index in [1.54, 1.807) is 11.3 Å². The highest BCUT2D eigenvalue weighted by Crippen LogP contribution is 2.17. The second-order valence-electron chi connectivity index (χ2n) is 4.86. The number of amides is 2. The lowest BCUT2D eigenvalue weighted by Gasteiger charge is -2.12. The Morgan fingerprint density at radius 1 is 1.40 bits per heavy atom. The van der Waals surface area contributed by atoms with Gasteiger partial charge in [0.15, 0.2) is 0 Å². The Morgan fingerprint density at radius 2 is 2.20 bits per heavy atom. The van der Waals surface area contributed by atoms with E-state index in [1.807, 2.05) is 44.4 Å². The topological polar surface area (TPSA) is 54.0 Å². The van der Waals surface area contributed by atoms with E-state index in [4.69, 9.17) is 0 Å². The second kappa shape index (κ2) is 6.52. The van der Waals surface area contributed by atoms with Gasteiger partial charge in [-0.2, -0.15) is 0 Å². The van der Waals surface area contributed by atoms with E-state index in [0.29, 0.717) is 6.54 Å². The van der Waals surface area contributed by atoms with E-state index >= 15 is 0 Å². The van der Waals surface area contributed by atoms with Crippen LogP contribution in [0.15, 0.2) is 29.6 Å². The first-order valence-corrected chi connectivity index (χ1v) is 7.44. The highest BCUT2D eigenvalue weighted by Gasteiger charge is 2.12. The normalized spacial score (nSPS) is 11.9. The van der Waals surface area contributed by atoms with Gasteiger partial charge in [0.2, 0.25) is 0 Å². The third kappa shape index (κ3) is 4.06. The third-order valence-electron chi connectivity index (χ3n) is 2.89. The van der Waals surface area contributed by atoms with Gasteiger partial charge in [-0.3, -0.25) is 0 Å². The number of aryl methyl sites for hydroxylation is 2. The number of benzene rings is 1. The van der Waals surface area contributed by atoms with Crippen molar-refractivity contribution in [2.45, 2.75) is 33.4 Å². The molecule has 0 aliphatic heterocycles. The first kappa shape index (κ1) is 14.5. The fraction of sp³-hybridized carbons (Fsp3) is 0.333. The first-order chi connectivity index (χ1) is 9.54. The summed E-state index contributed by atoms with van der Waals surface area (Å²) in [5, 5.41) is 8.66. The molecule has 2 rings (SSSR count). The average molecular weight is 289 g/mol. The Kier molecular flexibility index (Phi) is 4.74. The molecule has 0 bridgehead atoms. The van der Waals surface area contributed by atoms with Gasteiger partial charge < -0.3 is 10.6 Å². The number of hydrogen-bond donors (Lipinski definition) is 2. The number of nitrogens with one attached hydrogen (secondary N) is 2. The summed E-state index contributed by atoms with van der Waals surface area (Å²) in [6.07, 6.45) is 0. The predicted molar refractivity (Wildman–Crippen MR) is 81.8 cm³/mol. The summed E-state index contributed by atoms with van der Waals surface area (Å²) in [5.41, 5.74) is 3.27. The minimum absolute atomic E-state index is 0.0776. The van der Waals surface area contributed by atoms with Crippen LogP contribution < -0.4 is 10.6 Å². The van der Waals surface area contributed by atoms with Crippen molar-refractivity contribution in [3.63, 3.8) is 0 Å². The fourth-order valence-electron chi connectivity index (χ4n) is 1.88. The van der Waals surface area contributed by atoms with Crippen molar-refractivity contribution in [3.8, 4) is 0 Å². The predicted octanol–water partition coefficient (Wildman–Crippen LogP) is 3.32. The number of carbonyl (C=O) groups excluding carboxylic acids is 1. The number of nitrogens with zero attached hydrogens (tertiary/aromatic N) is 1. The molecule has 1 aromatic heterocycles. The zero-order valence-corrected chi connectivity index (χ0v) is 12.8. The number of urea groups is 1. The number of aromatic nitrogens is 1. The minimum atomic E-state index is -0.174. The lowest BCUT2D eigenvalue weighted by atomic mass is 10.1. The molecule has 1 atom stereocenters. The number of hydrogen-bond acceptors (Lipinski definition) is 3. The maximum absolute atomic E-state index is 11.8. The fourth-order valence-corrected chi connectivity index (χ4v) is 2.69. The number of carbonyl (C=O) groups is 1. The Balaban J connectivity index is 1.83. The zero-order chi connectivity index (χ0) is 14.5. The molecule has 0 aliphatic rings. The van der Waals surface area contributed by atoms with Crippen molar-refractivity contribution < 1.29 is 4.79 Å². The van der Waals surface area contributed by atoms with Crippen molar-refractivity contribution in [2.24, 2.45) is 0 Å². The lowest BCUT2D eigenvalue weighted by Crippen LogP contribution is -2.36. The standard InChI is InChI=1S/C15H19N3OS/c1-10-5-4-6-13(7-10)8-16-15(19)18-12(3)14-17-11(2)9-20-14/h4-7,9,12H,8H2,1-3H3,(H2,16,18,19). The molecule has 0 spiro atoms. The molecule has 0 radical (unpaired) electrons. The average Bonchev–Trinajstić information content (AvgIpc) is 2.83. The van der Waals surface area contributed by atoms with Crippen LogP contribution in [0.25, 0.3) is 0 Å². The Bertz CT molecular complexity index is 594. The molecule has 1 unspecified atom stereocenters. The molecule has 0 saturated heterocycles. The van der Waals surface area contributed by atoms with E-state index in [9.17, 15) is 4.79 Å². The second-order valence-corrected chi connectivity index (χ2v) is 5.75. The van der Waals surface area contributed by atoms with Crippen LogP contribution in [0.2, 0.25) is 0 Å². The van der Waals surface area contributed by atoms with E-state index in [-0.39, 0.29) is 12.1 Å². The molecule has 4 nitrogen and oxygen atoms in total. The molecule has 1 aromatic carbocycles. The molecule has 0 aliphatic carbocycles. The van der Waals surface area contributed by atoms with Gasteiger partial charge in [0, 0.05) is 17.6 Å². The maximum atomic E-state index is 11.8. The van der Waals surface area contributed by atoms with Gasteiger partial charge >= 0.3 is 6.03 Å². The van der Waals surface area contributed by atoms with Crippen LogP contribution in [0.5, 0.6) is 0 Å². The van der Waals surface area contributed by atoms with E-state index in [2.05, 4.69) is 21.7 Å². The molecule has 2 N–H and O–H groups in total. The summed E-state index contributed by atoms with van der Waals surface area (Å²) in [4.78, 5) is 16.2. The quantitative estimate of drug-likeness (QED) is 0.907. The third-order valence-corrected chi connectivity index (χ3v) is 4.04. The molecule has 1 heterocycles. The van der Waals surface area contributed by atoms with Crippen LogP contribution >= 0.6 is 11.3 Å². The molecule has 0 fully saturated rings. The highest BCUT2D eigenvalue weighted by molar-refractivity contribution is 7.09. The minimum Gasteiger partial charge on any atom is -0.334 e. The van der Waals surface area contributed by atoms with Crippen molar-refractivity contribution >= 4 is 17.4 Å². The number of rotatable bonds is 4. The Labute approximate surface area is 123 Å². The van der Waals surface area contributed by atoms with Crippen LogP contribution in [-0.2, 0) is 6.54 Å². The van der Waals surface area contributed by atoms with Gasteiger partial charge in [0.05, 0.1) is 6.04 Å². The zero-order valence-electron chi connectivity index (χ0n) is 11.9. The van der Waals surface area contributed by atoms with Crippen LogP contribution in [0.1, 0.15) is 34.8 Å². The molecule has 2 amide bonds. The van der Waals surface area contributed by atoms with Crippen molar-refractivity contribution in [1.82, 2.24) is 15.6 Å². The largest absolute Gasteiger partial charge is 0.334 e. The van der Waals surface area contributed by atoms with Gasteiger partial charge in [0.25, 0.3) is 0 Å². The van der Waals surface area contributed by atoms with Crippen LogP contribution in [0.3, 0.4) is 0 Å².